The van der Waals surface area contributed by atoms with Crippen LogP contribution in [0.25, 0.3) is 0 Å². The smallest absolute Gasteiger partial charge is 0.315 e. The molecule has 1 aliphatic rings. The molecule has 4 N–H and O–H groups in total. The molecule has 0 spiro atoms. The number of hydrogen-bond acceptors (Lipinski definition) is 2. The van der Waals surface area contributed by atoms with E-state index >= 15 is 0 Å². The molecule has 82 valence electrons. The first kappa shape index (κ1) is 11.3. The Morgan fingerprint density at radius 2 is 2.29 bits per heavy atom. The molecule has 1 rings (SSSR count). The molecule has 0 saturated heterocycles. The summed E-state index contributed by atoms with van der Waals surface area (Å²) in [5.74, 6) is 0.471. The van der Waals surface area contributed by atoms with Crippen molar-refractivity contribution < 1.29 is 4.79 Å². The van der Waals surface area contributed by atoms with Crippen molar-refractivity contribution in [3.05, 3.63) is 0 Å². The van der Waals surface area contributed by atoms with Crippen LogP contribution in [0.5, 0.6) is 0 Å². The van der Waals surface area contributed by atoms with Crippen LogP contribution < -0.4 is 16.4 Å². The lowest BCUT2D eigenvalue weighted by molar-refractivity contribution is 0.161. The van der Waals surface area contributed by atoms with E-state index < -0.39 is 0 Å². The molecular weight excluding hydrogens is 178 g/mol. The summed E-state index contributed by atoms with van der Waals surface area (Å²) < 4.78 is 0. The first-order chi connectivity index (χ1) is 6.64. The second-order valence-electron chi connectivity index (χ2n) is 4.21. The van der Waals surface area contributed by atoms with Gasteiger partial charge in [0.2, 0.25) is 0 Å². The average molecular weight is 199 g/mol. The maximum atomic E-state index is 11.3. The Hall–Kier alpha value is -0.770. The van der Waals surface area contributed by atoms with E-state index in [4.69, 9.17) is 5.73 Å². The summed E-state index contributed by atoms with van der Waals surface area (Å²) in [6, 6.07) is -0.121. The van der Waals surface area contributed by atoms with Gasteiger partial charge >= 0.3 is 6.03 Å². The quantitative estimate of drug-likeness (QED) is 0.616. The highest BCUT2D eigenvalue weighted by Crippen LogP contribution is 2.32. The Balaban J connectivity index is 2.67. The summed E-state index contributed by atoms with van der Waals surface area (Å²) in [5.41, 5.74) is 5.61. The Labute approximate surface area is 85.6 Å². The molecular formula is C10H21N3O. The number of hydrogen-bond donors (Lipinski definition) is 3. The molecule has 4 nitrogen and oxygen atoms in total. The molecule has 1 aliphatic carbocycles. The van der Waals surface area contributed by atoms with Gasteiger partial charge in [-0.25, -0.2) is 4.79 Å². The Morgan fingerprint density at radius 3 is 2.79 bits per heavy atom. The fraction of sp³-hybridized carbons (Fsp3) is 0.900. The molecule has 0 aliphatic heterocycles. The molecule has 14 heavy (non-hydrogen) atoms. The van der Waals surface area contributed by atoms with E-state index in [0.717, 1.165) is 19.3 Å². The number of rotatable bonds is 2. The highest BCUT2D eigenvalue weighted by Gasteiger charge is 2.37. The van der Waals surface area contributed by atoms with Gasteiger partial charge in [0, 0.05) is 13.6 Å². The van der Waals surface area contributed by atoms with Gasteiger partial charge in [0.05, 0.1) is 5.54 Å². The first-order valence-corrected chi connectivity index (χ1v) is 5.34. The minimum Gasteiger partial charge on any atom is -0.341 e. The molecule has 2 amide bonds. The molecule has 0 bridgehead atoms. The summed E-state index contributed by atoms with van der Waals surface area (Å²) in [5, 5.41) is 5.59. The molecule has 0 aromatic rings. The third-order valence-corrected chi connectivity index (χ3v) is 3.41. The fourth-order valence-corrected chi connectivity index (χ4v) is 2.24. The largest absolute Gasteiger partial charge is 0.341 e. The zero-order chi connectivity index (χ0) is 10.6. The number of amides is 2. The number of nitrogens with one attached hydrogen (secondary N) is 2. The van der Waals surface area contributed by atoms with Gasteiger partial charge in [0.25, 0.3) is 0 Å². The van der Waals surface area contributed by atoms with E-state index in [1.165, 1.54) is 6.42 Å². The average Bonchev–Trinajstić information content (AvgIpc) is 2.21. The van der Waals surface area contributed by atoms with E-state index in [-0.39, 0.29) is 11.6 Å². The Morgan fingerprint density at radius 1 is 1.57 bits per heavy atom. The molecule has 2 unspecified atom stereocenters. The van der Waals surface area contributed by atoms with Gasteiger partial charge in [-0.15, -0.1) is 0 Å². The number of carbonyl (C=O) groups excluding carboxylic acids is 1. The molecule has 0 heterocycles. The van der Waals surface area contributed by atoms with Gasteiger partial charge < -0.3 is 16.4 Å². The summed E-state index contributed by atoms with van der Waals surface area (Å²) in [6.45, 7) is 2.70. The molecule has 1 saturated carbocycles. The van der Waals surface area contributed by atoms with Gasteiger partial charge in [-0.05, 0) is 18.8 Å². The van der Waals surface area contributed by atoms with E-state index in [1.807, 2.05) is 0 Å². The van der Waals surface area contributed by atoms with Gasteiger partial charge in [-0.3, -0.25) is 0 Å². The molecule has 4 heteroatoms. The summed E-state index contributed by atoms with van der Waals surface area (Å²) in [4.78, 5) is 11.3. The minimum atomic E-state index is -0.182. The summed E-state index contributed by atoms with van der Waals surface area (Å²) >= 11 is 0. The van der Waals surface area contributed by atoms with Gasteiger partial charge in [0.1, 0.15) is 0 Å². The van der Waals surface area contributed by atoms with E-state index in [9.17, 15) is 4.79 Å². The third kappa shape index (κ3) is 2.18. The highest BCUT2D eigenvalue weighted by molar-refractivity contribution is 5.74. The fourth-order valence-electron chi connectivity index (χ4n) is 2.24. The number of nitrogens with two attached hydrogens (primary N) is 1. The van der Waals surface area contributed by atoms with Crippen molar-refractivity contribution in [2.24, 2.45) is 11.7 Å². The van der Waals surface area contributed by atoms with Crippen molar-refractivity contribution >= 4 is 6.03 Å². The van der Waals surface area contributed by atoms with Crippen molar-refractivity contribution in [1.82, 2.24) is 10.6 Å². The predicted octanol–water partition coefficient (Wildman–Crippen LogP) is 0.823. The van der Waals surface area contributed by atoms with E-state index in [1.54, 1.807) is 7.05 Å². The topological polar surface area (TPSA) is 67.2 Å². The predicted molar refractivity (Wildman–Crippen MR) is 57.0 cm³/mol. The van der Waals surface area contributed by atoms with Crippen LogP contribution in [-0.4, -0.2) is 25.2 Å². The van der Waals surface area contributed by atoms with Gasteiger partial charge in [-0.2, -0.15) is 0 Å². The highest BCUT2D eigenvalue weighted by atomic mass is 16.2. The lowest BCUT2D eigenvalue weighted by Crippen LogP contribution is -2.60. The zero-order valence-electron chi connectivity index (χ0n) is 9.10. The van der Waals surface area contributed by atoms with Crippen molar-refractivity contribution in [2.75, 3.05) is 13.6 Å². The van der Waals surface area contributed by atoms with Crippen LogP contribution in [0, 0.1) is 5.92 Å². The molecule has 0 aromatic heterocycles. The second-order valence-corrected chi connectivity index (χ2v) is 4.21. The Bertz CT molecular complexity index is 208. The molecule has 1 fully saturated rings. The van der Waals surface area contributed by atoms with Crippen LogP contribution >= 0.6 is 0 Å². The monoisotopic (exact) mass is 199 g/mol. The van der Waals surface area contributed by atoms with Crippen LogP contribution in [0.2, 0.25) is 0 Å². The lowest BCUT2D eigenvalue weighted by Gasteiger charge is -2.42. The molecule has 0 aromatic carbocycles. The van der Waals surface area contributed by atoms with Crippen LogP contribution in [0.3, 0.4) is 0 Å². The third-order valence-electron chi connectivity index (χ3n) is 3.41. The van der Waals surface area contributed by atoms with Crippen molar-refractivity contribution in [2.45, 2.75) is 38.1 Å². The lowest BCUT2D eigenvalue weighted by atomic mass is 9.73. The van der Waals surface area contributed by atoms with Crippen molar-refractivity contribution in [3.8, 4) is 0 Å². The van der Waals surface area contributed by atoms with Gasteiger partial charge in [-0.1, -0.05) is 19.8 Å². The second kappa shape index (κ2) is 4.64. The Kier molecular flexibility index (Phi) is 3.75. The van der Waals surface area contributed by atoms with Gasteiger partial charge in [0.15, 0.2) is 0 Å². The standard InChI is InChI=1S/C10H21N3O/c1-8-5-3-4-6-10(8,7-11)13-9(14)12-2/h8H,3-7,11H2,1-2H3,(H2,12,13,14). The van der Waals surface area contributed by atoms with Crippen LogP contribution in [-0.2, 0) is 0 Å². The summed E-state index contributed by atoms with van der Waals surface area (Å²) in [7, 11) is 1.63. The van der Waals surface area contributed by atoms with Crippen LogP contribution in [0.4, 0.5) is 4.79 Å². The van der Waals surface area contributed by atoms with E-state index in [2.05, 4.69) is 17.6 Å². The molecule has 2 atom stereocenters. The molecule has 0 radical (unpaired) electrons. The maximum Gasteiger partial charge on any atom is 0.315 e. The zero-order valence-corrected chi connectivity index (χ0v) is 9.10. The SMILES string of the molecule is CNC(=O)NC1(CN)CCCCC1C. The van der Waals surface area contributed by atoms with Crippen molar-refractivity contribution in [3.63, 3.8) is 0 Å². The van der Waals surface area contributed by atoms with Crippen LogP contribution in [0.1, 0.15) is 32.6 Å². The first-order valence-electron chi connectivity index (χ1n) is 5.34. The number of urea groups is 1. The number of carbonyl (C=O) groups is 1. The van der Waals surface area contributed by atoms with Crippen LogP contribution in [0.15, 0.2) is 0 Å². The minimum absolute atomic E-state index is 0.121. The normalized spacial score (nSPS) is 32.4. The summed E-state index contributed by atoms with van der Waals surface area (Å²) in [6.07, 6.45) is 4.56. The van der Waals surface area contributed by atoms with Crippen molar-refractivity contribution in [1.29, 1.82) is 0 Å². The van der Waals surface area contributed by atoms with E-state index in [0.29, 0.717) is 12.5 Å². The maximum absolute atomic E-state index is 11.3.